The molecule has 35 heavy (non-hydrogen) atoms. The van der Waals surface area contributed by atoms with Crippen molar-refractivity contribution in [2.45, 2.75) is 38.3 Å². The highest BCUT2D eigenvalue weighted by atomic mass is 19.4. The van der Waals surface area contributed by atoms with Crippen LogP contribution in [0.5, 0.6) is 0 Å². The Morgan fingerprint density at radius 3 is 2.69 bits per heavy atom. The summed E-state index contributed by atoms with van der Waals surface area (Å²) < 4.78 is 56.1. The fourth-order valence-electron chi connectivity index (χ4n) is 5.53. The van der Waals surface area contributed by atoms with Gasteiger partial charge in [0.2, 0.25) is 0 Å². The molecule has 0 radical (unpaired) electrons. The summed E-state index contributed by atoms with van der Waals surface area (Å²) in [7, 11) is 0. The Morgan fingerprint density at radius 1 is 1.23 bits per heavy atom. The van der Waals surface area contributed by atoms with E-state index in [1.54, 1.807) is 23.6 Å². The fourth-order valence-corrected chi connectivity index (χ4v) is 5.53. The van der Waals surface area contributed by atoms with Gasteiger partial charge in [-0.2, -0.15) is 18.4 Å². The van der Waals surface area contributed by atoms with E-state index in [0.717, 1.165) is 12.3 Å². The van der Waals surface area contributed by atoms with Gasteiger partial charge in [0.05, 0.1) is 17.0 Å². The van der Waals surface area contributed by atoms with Crippen LogP contribution in [0, 0.1) is 29.0 Å². The number of carbonyl (C=O) groups excluding carboxylic acids is 1. The van der Waals surface area contributed by atoms with Gasteiger partial charge in [-0.3, -0.25) is 14.3 Å². The van der Waals surface area contributed by atoms with Crippen molar-refractivity contribution in [2.75, 3.05) is 0 Å². The molecule has 178 valence electrons. The second-order valence-electron chi connectivity index (χ2n) is 9.22. The van der Waals surface area contributed by atoms with Crippen molar-refractivity contribution in [3.05, 3.63) is 77.1 Å². The Balaban J connectivity index is 1.81. The van der Waals surface area contributed by atoms with E-state index in [0.29, 0.717) is 29.9 Å². The smallest absolute Gasteiger partial charge is 0.296 e. The van der Waals surface area contributed by atoms with Crippen LogP contribution in [-0.2, 0) is 22.8 Å². The molecule has 0 bridgehead atoms. The maximum atomic E-state index is 14.2. The van der Waals surface area contributed by atoms with E-state index in [1.165, 1.54) is 24.3 Å². The summed E-state index contributed by atoms with van der Waals surface area (Å²) in [5.41, 5.74) is 0.0826. The monoisotopic (exact) mass is 480 g/mol. The van der Waals surface area contributed by atoms with Crippen LogP contribution < -0.4 is 0 Å². The Kier molecular flexibility index (Phi) is 5.16. The molecule has 5 nitrogen and oxygen atoms in total. The number of hydrogen-bond donors (Lipinski definition) is 0. The van der Waals surface area contributed by atoms with Crippen LogP contribution in [0.15, 0.2) is 54.2 Å². The molecule has 0 amide bonds. The number of rotatable bonds is 2. The first kappa shape index (κ1) is 23.0. The summed E-state index contributed by atoms with van der Waals surface area (Å²) in [6, 6.07) is 10.1. The lowest BCUT2D eigenvalue weighted by atomic mass is 9.58. The molecule has 5 rings (SSSR count). The number of ketones is 1. The highest BCUT2D eigenvalue weighted by Gasteiger charge is 2.50. The SMILES string of the molecule is C[C@H]1C(=O)C(C#N)=C[C@@]2(C)c3nc(-c4ccnc(C(F)(F)F)c4)n(-c4cccc(F)c4)c3CC[C@H]12. The van der Waals surface area contributed by atoms with E-state index < -0.39 is 29.0 Å². The van der Waals surface area contributed by atoms with Crippen molar-refractivity contribution in [1.82, 2.24) is 14.5 Å². The molecular weight excluding hydrogens is 460 g/mol. The number of hydrogen-bond acceptors (Lipinski definition) is 4. The van der Waals surface area contributed by atoms with E-state index in [2.05, 4.69) is 4.98 Å². The first-order valence-electron chi connectivity index (χ1n) is 11.1. The lowest BCUT2D eigenvalue weighted by molar-refractivity contribution is -0.141. The summed E-state index contributed by atoms with van der Waals surface area (Å²) in [4.78, 5) is 20.9. The van der Waals surface area contributed by atoms with Crippen LogP contribution in [0.1, 0.15) is 37.4 Å². The molecule has 0 aliphatic heterocycles. The standard InChI is InChI=1S/C26H20F4N4O/c1-14-19-6-7-20-23(25(19,2)12-16(13-31)22(14)35)33-24(34(20)18-5-3-4-17(27)11-18)15-8-9-32-21(10-15)26(28,29)30/h3-5,8-12,14,19H,6-7H2,1-2H3/t14-,19-,25-/m1/s1. The number of nitrogens with zero attached hydrogens (tertiary/aromatic N) is 4. The second kappa shape index (κ2) is 7.87. The summed E-state index contributed by atoms with van der Waals surface area (Å²) in [6.07, 6.45) is -0.841. The van der Waals surface area contributed by atoms with E-state index in [9.17, 15) is 27.6 Å². The van der Waals surface area contributed by atoms with E-state index in [-0.39, 0.29) is 28.7 Å². The van der Waals surface area contributed by atoms with Gasteiger partial charge in [-0.25, -0.2) is 9.37 Å². The summed E-state index contributed by atoms with van der Waals surface area (Å²) in [6.45, 7) is 3.69. The normalized spacial score (nSPS) is 23.8. The van der Waals surface area contributed by atoms with E-state index >= 15 is 0 Å². The second-order valence-corrected chi connectivity index (χ2v) is 9.22. The topological polar surface area (TPSA) is 71.6 Å². The van der Waals surface area contributed by atoms with Crippen LogP contribution in [0.25, 0.3) is 17.1 Å². The van der Waals surface area contributed by atoms with Gasteiger partial charge in [0.15, 0.2) is 5.78 Å². The number of allylic oxidation sites excluding steroid dienone is 2. The van der Waals surface area contributed by atoms with Gasteiger partial charge < -0.3 is 0 Å². The number of halogens is 4. The summed E-state index contributed by atoms with van der Waals surface area (Å²) >= 11 is 0. The lowest BCUT2D eigenvalue weighted by Crippen LogP contribution is -2.45. The Bertz CT molecular complexity index is 1430. The van der Waals surface area contributed by atoms with Crippen molar-refractivity contribution in [1.29, 1.82) is 5.26 Å². The molecule has 0 spiro atoms. The van der Waals surface area contributed by atoms with E-state index in [4.69, 9.17) is 4.98 Å². The van der Waals surface area contributed by atoms with Crippen LogP contribution in [-0.4, -0.2) is 20.3 Å². The first-order chi connectivity index (χ1) is 16.5. The number of benzene rings is 1. The molecular formula is C26H20F4N4O. The van der Waals surface area contributed by atoms with Gasteiger partial charge in [-0.1, -0.05) is 26.0 Å². The average Bonchev–Trinajstić information content (AvgIpc) is 3.22. The molecule has 2 aliphatic rings. The third-order valence-electron chi connectivity index (χ3n) is 7.17. The van der Waals surface area contributed by atoms with Gasteiger partial charge in [0, 0.05) is 28.8 Å². The minimum absolute atomic E-state index is 0.0502. The molecule has 0 unspecified atom stereocenters. The number of aromatic nitrogens is 3. The van der Waals surface area contributed by atoms with Gasteiger partial charge >= 0.3 is 6.18 Å². The van der Waals surface area contributed by atoms with E-state index in [1.807, 2.05) is 13.0 Å². The summed E-state index contributed by atoms with van der Waals surface area (Å²) in [5, 5.41) is 9.57. The number of Topliss-reactive ketones (excluding diaryl/α,β-unsaturated/α-hetero) is 1. The molecule has 0 fully saturated rings. The molecule has 3 atom stereocenters. The van der Waals surface area contributed by atoms with Gasteiger partial charge in [-0.05, 0) is 49.1 Å². The zero-order valence-electron chi connectivity index (χ0n) is 18.9. The van der Waals surface area contributed by atoms with Crippen molar-refractivity contribution in [2.24, 2.45) is 11.8 Å². The van der Waals surface area contributed by atoms with Crippen molar-refractivity contribution in [3.63, 3.8) is 0 Å². The Morgan fingerprint density at radius 2 is 2.00 bits per heavy atom. The molecule has 0 saturated heterocycles. The van der Waals surface area contributed by atoms with Crippen LogP contribution in [0.3, 0.4) is 0 Å². The lowest BCUT2D eigenvalue weighted by Gasteiger charge is -2.44. The van der Waals surface area contributed by atoms with Crippen LogP contribution in [0.4, 0.5) is 17.6 Å². The molecule has 2 aliphatic carbocycles. The molecule has 3 aromatic rings. The largest absolute Gasteiger partial charge is 0.433 e. The fraction of sp³-hybridized carbons (Fsp3) is 0.308. The molecule has 0 N–H and O–H groups in total. The molecule has 0 saturated carbocycles. The zero-order valence-corrected chi connectivity index (χ0v) is 18.9. The summed E-state index contributed by atoms with van der Waals surface area (Å²) in [5.74, 6) is -1.04. The third kappa shape index (κ3) is 3.55. The molecule has 1 aromatic carbocycles. The molecule has 2 heterocycles. The van der Waals surface area contributed by atoms with Gasteiger partial charge in [0.25, 0.3) is 0 Å². The maximum Gasteiger partial charge on any atom is 0.433 e. The number of pyridine rings is 1. The van der Waals surface area contributed by atoms with Crippen LogP contribution >= 0.6 is 0 Å². The Labute approximate surface area is 198 Å². The van der Waals surface area contributed by atoms with Gasteiger partial charge in [-0.15, -0.1) is 0 Å². The van der Waals surface area contributed by atoms with Crippen molar-refractivity contribution < 1.29 is 22.4 Å². The number of imidazole rings is 1. The van der Waals surface area contributed by atoms with Crippen molar-refractivity contribution >= 4 is 5.78 Å². The molecule has 9 heteroatoms. The molecule has 2 aromatic heterocycles. The highest BCUT2D eigenvalue weighted by Crippen LogP contribution is 2.50. The predicted octanol–water partition coefficient (Wildman–Crippen LogP) is 5.58. The number of nitriles is 1. The highest BCUT2D eigenvalue weighted by molar-refractivity contribution is 6.02. The first-order valence-corrected chi connectivity index (χ1v) is 11.1. The van der Waals surface area contributed by atoms with Crippen LogP contribution in [0.2, 0.25) is 0 Å². The maximum absolute atomic E-state index is 14.2. The van der Waals surface area contributed by atoms with Gasteiger partial charge in [0.1, 0.15) is 23.4 Å². The Hall–Kier alpha value is -3.80. The minimum atomic E-state index is -4.65. The van der Waals surface area contributed by atoms with Crippen molar-refractivity contribution in [3.8, 4) is 23.1 Å². The number of alkyl halides is 3. The number of carbonyl (C=O) groups is 1. The average molecular weight is 480 g/mol. The third-order valence-corrected chi connectivity index (χ3v) is 7.17. The zero-order chi connectivity index (χ0) is 25.1. The quantitative estimate of drug-likeness (QED) is 0.449. The predicted molar refractivity (Wildman–Crippen MR) is 119 cm³/mol. The minimum Gasteiger partial charge on any atom is -0.296 e. The number of fused-ring (bicyclic) bond motifs is 3.